The summed E-state index contributed by atoms with van der Waals surface area (Å²) >= 11 is 0. The lowest BCUT2D eigenvalue weighted by molar-refractivity contribution is 0.164. The highest BCUT2D eigenvalue weighted by atomic mass is 32.2. The van der Waals surface area contributed by atoms with Crippen LogP contribution in [0.15, 0.2) is 29.2 Å². The molecule has 3 N–H and O–H groups in total. The van der Waals surface area contributed by atoms with Crippen LogP contribution >= 0.6 is 0 Å². The van der Waals surface area contributed by atoms with Crippen molar-refractivity contribution in [1.29, 1.82) is 0 Å². The summed E-state index contributed by atoms with van der Waals surface area (Å²) in [6.07, 6.45) is 0.975. The summed E-state index contributed by atoms with van der Waals surface area (Å²) in [5.41, 5.74) is 1.01. The first-order valence-electron chi connectivity index (χ1n) is 5.81. The van der Waals surface area contributed by atoms with Gasteiger partial charge in [0, 0.05) is 19.7 Å². The van der Waals surface area contributed by atoms with Crippen LogP contribution in [0.3, 0.4) is 0 Å². The van der Waals surface area contributed by atoms with Gasteiger partial charge in [-0.2, -0.15) is 0 Å². The van der Waals surface area contributed by atoms with Crippen molar-refractivity contribution in [3.63, 3.8) is 0 Å². The molecule has 1 unspecified atom stereocenters. The molecule has 0 fully saturated rings. The maximum absolute atomic E-state index is 11.1. The summed E-state index contributed by atoms with van der Waals surface area (Å²) in [7, 11) is -1.93. The highest BCUT2D eigenvalue weighted by Gasteiger charge is 2.08. The van der Waals surface area contributed by atoms with Crippen molar-refractivity contribution in [3.8, 4) is 0 Å². The summed E-state index contributed by atoms with van der Waals surface area (Å²) in [4.78, 5) is 0.134. The van der Waals surface area contributed by atoms with Crippen LogP contribution < -0.4 is 10.5 Å². The first-order valence-corrected chi connectivity index (χ1v) is 7.36. The molecule has 0 spiro atoms. The Bertz CT molecular complexity index is 457. The van der Waals surface area contributed by atoms with Gasteiger partial charge in [0.1, 0.15) is 0 Å². The van der Waals surface area contributed by atoms with Crippen molar-refractivity contribution >= 4 is 10.0 Å². The maximum atomic E-state index is 11.1. The Morgan fingerprint density at radius 1 is 1.33 bits per heavy atom. The Hall–Kier alpha value is -0.950. The molecular weight excluding hydrogens is 252 g/mol. The highest BCUT2D eigenvalue weighted by molar-refractivity contribution is 7.89. The molecule has 1 aromatic rings. The third-order valence-electron chi connectivity index (χ3n) is 2.71. The number of methoxy groups -OCH3 is 1. The van der Waals surface area contributed by atoms with Gasteiger partial charge in [-0.3, -0.25) is 0 Å². The van der Waals surface area contributed by atoms with Crippen LogP contribution in [0.1, 0.15) is 18.9 Å². The summed E-state index contributed by atoms with van der Waals surface area (Å²) in [5.74, 6) is 0. The van der Waals surface area contributed by atoms with Crippen molar-refractivity contribution in [3.05, 3.63) is 29.8 Å². The van der Waals surface area contributed by atoms with Crippen LogP contribution in [0, 0.1) is 0 Å². The van der Waals surface area contributed by atoms with Crippen molar-refractivity contribution in [2.75, 3.05) is 13.7 Å². The lowest BCUT2D eigenvalue weighted by atomic mass is 10.2. The van der Waals surface area contributed by atoms with Gasteiger partial charge in [0.05, 0.1) is 11.5 Å². The number of hydrogen-bond acceptors (Lipinski definition) is 4. The van der Waals surface area contributed by atoms with Crippen molar-refractivity contribution in [1.82, 2.24) is 5.32 Å². The molecular formula is C12H20N2O3S. The molecule has 0 saturated heterocycles. The van der Waals surface area contributed by atoms with E-state index in [1.807, 2.05) is 0 Å². The zero-order valence-corrected chi connectivity index (χ0v) is 11.5. The number of primary sulfonamides is 1. The monoisotopic (exact) mass is 272 g/mol. The predicted octanol–water partition coefficient (Wildman–Crippen LogP) is 0.849. The quantitative estimate of drug-likeness (QED) is 0.771. The van der Waals surface area contributed by atoms with Gasteiger partial charge in [-0.1, -0.05) is 19.1 Å². The molecule has 5 nitrogen and oxygen atoms in total. The van der Waals surface area contributed by atoms with Crippen LogP contribution in [0.4, 0.5) is 0 Å². The molecule has 18 heavy (non-hydrogen) atoms. The summed E-state index contributed by atoms with van der Waals surface area (Å²) in [6.45, 7) is 3.42. The van der Waals surface area contributed by atoms with E-state index in [9.17, 15) is 8.42 Å². The molecule has 0 radical (unpaired) electrons. The number of nitrogens with two attached hydrogens (primary N) is 1. The molecule has 6 heteroatoms. The van der Waals surface area contributed by atoms with E-state index >= 15 is 0 Å². The first-order chi connectivity index (χ1) is 8.47. The van der Waals surface area contributed by atoms with Gasteiger partial charge >= 0.3 is 0 Å². The SMILES string of the molecule is CCC(COC)NCc1ccc(S(N)(=O)=O)cc1. The third kappa shape index (κ3) is 4.73. The highest BCUT2D eigenvalue weighted by Crippen LogP contribution is 2.09. The maximum Gasteiger partial charge on any atom is 0.238 e. The Balaban J connectivity index is 2.59. The lowest BCUT2D eigenvalue weighted by Crippen LogP contribution is -2.32. The predicted molar refractivity (Wildman–Crippen MR) is 70.6 cm³/mol. The summed E-state index contributed by atoms with van der Waals surface area (Å²) < 4.78 is 27.3. The normalized spacial score (nSPS) is 13.5. The third-order valence-corrected chi connectivity index (χ3v) is 3.64. The average Bonchev–Trinajstić information content (AvgIpc) is 2.34. The lowest BCUT2D eigenvalue weighted by Gasteiger charge is -2.15. The van der Waals surface area contributed by atoms with Gasteiger partial charge in [-0.25, -0.2) is 13.6 Å². The minimum absolute atomic E-state index is 0.134. The van der Waals surface area contributed by atoms with E-state index in [-0.39, 0.29) is 4.90 Å². The second kappa shape index (κ2) is 6.84. The topological polar surface area (TPSA) is 81.4 Å². The van der Waals surface area contributed by atoms with E-state index in [1.54, 1.807) is 19.2 Å². The van der Waals surface area contributed by atoms with Crippen LogP contribution in [0.25, 0.3) is 0 Å². The number of nitrogens with one attached hydrogen (secondary N) is 1. The molecule has 0 aliphatic carbocycles. The first kappa shape index (κ1) is 15.1. The molecule has 0 aromatic heterocycles. The number of benzene rings is 1. The van der Waals surface area contributed by atoms with Crippen LogP contribution in [0.5, 0.6) is 0 Å². The average molecular weight is 272 g/mol. The van der Waals surface area contributed by atoms with E-state index in [2.05, 4.69) is 12.2 Å². The number of rotatable bonds is 7. The fraction of sp³-hybridized carbons (Fsp3) is 0.500. The van der Waals surface area contributed by atoms with Gasteiger partial charge in [0.2, 0.25) is 10.0 Å². The van der Waals surface area contributed by atoms with E-state index in [0.29, 0.717) is 19.2 Å². The van der Waals surface area contributed by atoms with Crippen LogP contribution in [-0.4, -0.2) is 28.2 Å². The van der Waals surface area contributed by atoms with Crippen molar-refractivity contribution in [2.45, 2.75) is 30.8 Å². The molecule has 0 bridgehead atoms. The molecule has 0 aliphatic heterocycles. The van der Waals surface area contributed by atoms with Gasteiger partial charge in [-0.05, 0) is 24.1 Å². The molecule has 0 amide bonds. The molecule has 1 aromatic carbocycles. The number of hydrogen-bond donors (Lipinski definition) is 2. The fourth-order valence-corrected chi connectivity index (χ4v) is 2.10. The number of sulfonamides is 1. The van der Waals surface area contributed by atoms with Gasteiger partial charge in [0.25, 0.3) is 0 Å². The standard InChI is InChI=1S/C12H20N2O3S/c1-3-11(9-17-2)14-8-10-4-6-12(7-5-10)18(13,15)16/h4-7,11,14H,3,8-9H2,1-2H3,(H2,13,15,16). The second-order valence-corrected chi connectivity index (χ2v) is 5.69. The minimum atomic E-state index is -3.60. The zero-order chi connectivity index (χ0) is 13.6. The summed E-state index contributed by atoms with van der Waals surface area (Å²) in [5, 5.41) is 8.37. The largest absolute Gasteiger partial charge is 0.383 e. The van der Waals surface area contributed by atoms with Gasteiger partial charge in [0.15, 0.2) is 0 Å². The molecule has 1 atom stereocenters. The number of ether oxygens (including phenoxy) is 1. The molecule has 102 valence electrons. The van der Waals surface area contributed by atoms with Crippen molar-refractivity contribution in [2.24, 2.45) is 5.14 Å². The van der Waals surface area contributed by atoms with E-state index < -0.39 is 10.0 Å². The fourth-order valence-electron chi connectivity index (χ4n) is 1.58. The molecule has 0 saturated carbocycles. The Labute approximate surface area is 108 Å². The smallest absolute Gasteiger partial charge is 0.238 e. The summed E-state index contributed by atoms with van der Waals surface area (Å²) in [6, 6.07) is 6.85. The van der Waals surface area contributed by atoms with Gasteiger partial charge < -0.3 is 10.1 Å². The molecule has 1 rings (SSSR count). The van der Waals surface area contributed by atoms with E-state index in [4.69, 9.17) is 9.88 Å². The molecule has 0 aliphatic rings. The Kier molecular flexibility index (Phi) is 5.74. The Morgan fingerprint density at radius 3 is 2.39 bits per heavy atom. The van der Waals surface area contributed by atoms with Crippen LogP contribution in [0.2, 0.25) is 0 Å². The zero-order valence-electron chi connectivity index (χ0n) is 10.7. The Morgan fingerprint density at radius 2 is 1.94 bits per heavy atom. The van der Waals surface area contributed by atoms with E-state index in [1.165, 1.54) is 12.1 Å². The van der Waals surface area contributed by atoms with E-state index in [0.717, 1.165) is 12.0 Å². The minimum Gasteiger partial charge on any atom is -0.383 e. The van der Waals surface area contributed by atoms with Crippen molar-refractivity contribution < 1.29 is 13.2 Å². The van der Waals surface area contributed by atoms with Crippen LogP contribution in [-0.2, 0) is 21.3 Å². The van der Waals surface area contributed by atoms with Gasteiger partial charge in [-0.15, -0.1) is 0 Å². The molecule has 0 heterocycles. The second-order valence-electron chi connectivity index (χ2n) is 4.13.